The van der Waals surface area contributed by atoms with Crippen LogP contribution in [0.1, 0.15) is 24.1 Å². The molecule has 1 atom stereocenters. The van der Waals surface area contributed by atoms with Gasteiger partial charge in [0.05, 0.1) is 7.11 Å². The topological polar surface area (TPSA) is 30.5 Å². The molecular formula is C17H20FNO2. The summed E-state index contributed by atoms with van der Waals surface area (Å²) in [5.74, 6) is 1.03. The summed E-state index contributed by atoms with van der Waals surface area (Å²) in [6, 6.07) is 12.5. The predicted octanol–water partition coefficient (Wildman–Crippen LogP) is 3.69. The Bertz CT molecular complexity index is 601. The summed E-state index contributed by atoms with van der Waals surface area (Å²) in [6.07, 6.45) is 0. The first-order chi connectivity index (χ1) is 10.1. The standard InChI is InChI=1S/C17H20FNO2/c1-12(19-2)16-8-7-15(10-17(16)18)21-11-13-5-4-6-14(9-13)20-3/h4-10,12,19H,11H2,1-3H3. The molecule has 2 aromatic rings. The number of ether oxygens (including phenoxy) is 2. The average molecular weight is 289 g/mol. The summed E-state index contributed by atoms with van der Waals surface area (Å²) >= 11 is 0. The lowest BCUT2D eigenvalue weighted by Crippen LogP contribution is -2.13. The third-order valence-electron chi connectivity index (χ3n) is 3.41. The maximum absolute atomic E-state index is 14.0. The van der Waals surface area contributed by atoms with E-state index in [2.05, 4.69) is 5.32 Å². The van der Waals surface area contributed by atoms with E-state index in [1.165, 1.54) is 6.07 Å². The number of hydrogen-bond acceptors (Lipinski definition) is 3. The second kappa shape index (κ2) is 7.09. The van der Waals surface area contributed by atoms with E-state index in [-0.39, 0.29) is 11.9 Å². The van der Waals surface area contributed by atoms with E-state index in [4.69, 9.17) is 9.47 Å². The molecule has 0 aliphatic carbocycles. The van der Waals surface area contributed by atoms with E-state index < -0.39 is 0 Å². The van der Waals surface area contributed by atoms with Gasteiger partial charge in [0.1, 0.15) is 23.9 Å². The van der Waals surface area contributed by atoms with Crippen LogP contribution in [0.4, 0.5) is 4.39 Å². The van der Waals surface area contributed by atoms with Crippen LogP contribution in [-0.4, -0.2) is 14.2 Å². The fourth-order valence-electron chi connectivity index (χ4n) is 2.03. The Morgan fingerprint density at radius 3 is 2.62 bits per heavy atom. The van der Waals surface area contributed by atoms with Crippen LogP contribution in [0.2, 0.25) is 0 Å². The van der Waals surface area contributed by atoms with Crippen LogP contribution in [0.25, 0.3) is 0 Å². The molecule has 0 radical (unpaired) electrons. The zero-order valence-electron chi connectivity index (χ0n) is 12.5. The Kier molecular flexibility index (Phi) is 5.17. The number of rotatable bonds is 6. The van der Waals surface area contributed by atoms with Crippen molar-refractivity contribution in [2.24, 2.45) is 0 Å². The third kappa shape index (κ3) is 3.95. The van der Waals surface area contributed by atoms with Crippen molar-refractivity contribution in [1.29, 1.82) is 0 Å². The Morgan fingerprint density at radius 1 is 1.14 bits per heavy atom. The lowest BCUT2D eigenvalue weighted by Gasteiger charge is -2.13. The number of benzene rings is 2. The molecule has 0 heterocycles. The maximum Gasteiger partial charge on any atom is 0.131 e. The molecule has 21 heavy (non-hydrogen) atoms. The zero-order chi connectivity index (χ0) is 15.2. The second-order valence-electron chi connectivity index (χ2n) is 4.83. The molecule has 0 aliphatic heterocycles. The number of halogens is 1. The summed E-state index contributed by atoms with van der Waals surface area (Å²) in [6.45, 7) is 2.28. The molecule has 2 rings (SSSR count). The molecule has 0 fully saturated rings. The summed E-state index contributed by atoms with van der Waals surface area (Å²) in [5, 5.41) is 3.02. The van der Waals surface area contributed by atoms with E-state index in [9.17, 15) is 4.39 Å². The molecule has 1 N–H and O–H groups in total. The van der Waals surface area contributed by atoms with Gasteiger partial charge in [0.2, 0.25) is 0 Å². The minimum Gasteiger partial charge on any atom is -0.497 e. The maximum atomic E-state index is 14.0. The van der Waals surface area contributed by atoms with Crippen molar-refractivity contribution < 1.29 is 13.9 Å². The van der Waals surface area contributed by atoms with Gasteiger partial charge in [0.25, 0.3) is 0 Å². The molecule has 2 aromatic carbocycles. The van der Waals surface area contributed by atoms with Gasteiger partial charge < -0.3 is 14.8 Å². The van der Waals surface area contributed by atoms with E-state index in [1.54, 1.807) is 26.3 Å². The highest BCUT2D eigenvalue weighted by Gasteiger charge is 2.10. The Balaban J connectivity index is 2.05. The van der Waals surface area contributed by atoms with Gasteiger partial charge >= 0.3 is 0 Å². The quantitative estimate of drug-likeness (QED) is 0.879. The normalized spacial score (nSPS) is 12.0. The average Bonchev–Trinajstić information content (AvgIpc) is 2.52. The first-order valence-corrected chi connectivity index (χ1v) is 6.86. The molecular weight excluding hydrogens is 269 g/mol. The van der Waals surface area contributed by atoms with Gasteiger partial charge in [-0.05, 0) is 37.7 Å². The summed E-state index contributed by atoms with van der Waals surface area (Å²) in [5.41, 5.74) is 1.61. The molecule has 1 unspecified atom stereocenters. The van der Waals surface area contributed by atoms with Crippen LogP contribution >= 0.6 is 0 Å². The van der Waals surface area contributed by atoms with Gasteiger partial charge in [-0.2, -0.15) is 0 Å². The van der Waals surface area contributed by atoms with Gasteiger partial charge in [-0.3, -0.25) is 0 Å². The minimum absolute atomic E-state index is 0.0302. The first kappa shape index (κ1) is 15.3. The SMILES string of the molecule is CNC(C)c1ccc(OCc2cccc(OC)c2)cc1F. The van der Waals surface area contributed by atoms with Crippen molar-refractivity contribution in [1.82, 2.24) is 5.32 Å². The van der Waals surface area contributed by atoms with E-state index in [1.807, 2.05) is 31.2 Å². The zero-order valence-corrected chi connectivity index (χ0v) is 12.5. The van der Waals surface area contributed by atoms with Crippen molar-refractivity contribution in [3.8, 4) is 11.5 Å². The van der Waals surface area contributed by atoms with Crippen LogP contribution in [0.5, 0.6) is 11.5 Å². The largest absolute Gasteiger partial charge is 0.497 e. The highest BCUT2D eigenvalue weighted by Crippen LogP contribution is 2.22. The Labute approximate surface area is 124 Å². The smallest absolute Gasteiger partial charge is 0.131 e. The third-order valence-corrected chi connectivity index (χ3v) is 3.41. The van der Waals surface area contributed by atoms with E-state index in [0.29, 0.717) is 17.9 Å². The number of nitrogens with one attached hydrogen (secondary N) is 1. The highest BCUT2D eigenvalue weighted by molar-refractivity contribution is 5.32. The van der Waals surface area contributed by atoms with E-state index >= 15 is 0 Å². The van der Waals surface area contributed by atoms with Gasteiger partial charge in [-0.15, -0.1) is 0 Å². The summed E-state index contributed by atoms with van der Waals surface area (Å²) in [7, 11) is 3.42. The van der Waals surface area contributed by atoms with Crippen molar-refractivity contribution in [3.05, 3.63) is 59.4 Å². The molecule has 0 spiro atoms. The van der Waals surface area contributed by atoms with Crippen molar-refractivity contribution in [3.63, 3.8) is 0 Å². The van der Waals surface area contributed by atoms with Crippen LogP contribution in [0, 0.1) is 5.82 Å². The van der Waals surface area contributed by atoms with Crippen LogP contribution < -0.4 is 14.8 Å². The summed E-state index contributed by atoms with van der Waals surface area (Å²) < 4.78 is 24.8. The Hall–Kier alpha value is -2.07. The molecule has 0 aromatic heterocycles. The summed E-state index contributed by atoms with van der Waals surface area (Å²) in [4.78, 5) is 0. The molecule has 0 saturated carbocycles. The molecule has 0 bridgehead atoms. The molecule has 4 heteroatoms. The van der Waals surface area contributed by atoms with Crippen molar-refractivity contribution in [2.75, 3.05) is 14.2 Å². The minimum atomic E-state index is -0.264. The van der Waals surface area contributed by atoms with Gasteiger partial charge in [0.15, 0.2) is 0 Å². The molecule has 0 saturated heterocycles. The van der Waals surface area contributed by atoms with Crippen molar-refractivity contribution >= 4 is 0 Å². The molecule has 112 valence electrons. The highest BCUT2D eigenvalue weighted by atomic mass is 19.1. The van der Waals surface area contributed by atoms with Gasteiger partial charge in [-0.25, -0.2) is 4.39 Å². The van der Waals surface area contributed by atoms with Crippen LogP contribution in [-0.2, 0) is 6.61 Å². The van der Waals surface area contributed by atoms with Crippen LogP contribution in [0.3, 0.4) is 0 Å². The lowest BCUT2D eigenvalue weighted by molar-refractivity contribution is 0.303. The van der Waals surface area contributed by atoms with Crippen molar-refractivity contribution in [2.45, 2.75) is 19.6 Å². The first-order valence-electron chi connectivity index (χ1n) is 6.86. The fraction of sp³-hybridized carbons (Fsp3) is 0.294. The van der Waals surface area contributed by atoms with Gasteiger partial charge in [0, 0.05) is 17.7 Å². The molecule has 0 aliphatic rings. The fourth-order valence-corrected chi connectivity index (χ4v) is 2.03. The van der Waals surface area contributed by atoms with E-state index in [0.717, 1.165) is 11.3 Å². The predicted molar refractivity (Wildman–Crippen MR) is 81.2 cm³/mol. The Morgan fingerprint density at radius 2 is 1.95 bits per heavy atom. The van der Waals surface area contributed by atoms with Crippen LogP contribution in [0.15, 0.2) is 42.5 Å². The second-order valence-corrected chi connectivity index (χ2v) is 4.83. The van der Waals surface area contributed by atoms with Gasteiger partial charge in [-0.1, -0.05) is 18.2 Å². The monoisotopic (exact) mass is 289 g/mol. The lowest BCUT2D eigenvalue weighted by atomic mass is 10.1. The number of hydrogen-bond donors (Lipinski definition) is 1. The molecule has 0 amide bonds. The molecule has 3 nitrogen and oxygen atoms in total. The number of methoxy groups -OCH3 is 1.